The van der Waals surface area contributed by atoms with Gasteiger partial charge in [0.1, 0.15) is 11.5 Å². The molecule has 4 heterocycles. The van der Waals surface area contributed by atoms with Gasteiger partial charge in [-0.3, -0.25) is 9.36 Å². The molecule has 4 aromatic rings. The first-order valence-corrected chi connectivity index (χ1v) is 15.9. The Labute approximate surface area is 260 Å². The number of nitrogens with zero attached hydrogens (tertiary/aromatic N) is 4. The van der Waals surface area contributed by atoms with Gasteiger partial charge in [-0.25, -0.2) is 19.8 Å². The fourth-order valence-corrected chi connectivity index (χ4v) is 7.14. The summed E-state index contributed by atoms with van der Waals surface area (Å²) in [5, 5.41) is 1.10. The van der Waals surface area contributed by atoms with E-state index in [1.54, 1.807) is 55.3 Å². The number of fused-ring (bicyclic) bond motifs is 1. The minimum absolute atomic E-state index is 0.201. The van der Waals surface area contributed by atoms with Gasteiger partial charge in [-0.1, -0.05) is 30.7 Å². The van der Waals surface area contributed by atoms with Gasteiger partial charge in [0.05, 0.1) is 44.5 Å². The molecule has 1 aliphatic rings. The third-order valence-electron chi connectivity index (χ3n) is 6.06. The van der Waals surface area contributed by atoms with Crippen LogP contribution >= 0.6 is 55.0 Å². The number of furan rings is 1. The van der Waals surface area contributed by atoms with Crippen LogP contribution in [-0.2, 0) is 9.53 Å². The molecule has 0 saturated heterocycles. The summed E-state index contributed by atoms with van der Waals surface area (Å²) in [6, 6.07) is 8.29. The Bertz CT molecular complexity index is 1810. The Morgan fingerprint density at radius 1 is 1.20 bits per heavy atom. The summed E-state index contributed by atoms with van der Waals surface area (Å²) in [7, 11) is 1.58. The molecule has 1 aromatic carbocycles. The van der Waals surface area contributed by atoms with Gasteiger partial charge in [0.15, 0.2) is 15.1 Å². The van der Waals surface area contributed by atoms with Crippen LogP contribution in [0.2, 0.25) is 0 Å². The number of halogens is 2. The van der Waals surface area contributed by atoms with E-state index in [0.29, 0.717) is 57.7 Å². The molecule has 0 aliphatic carbocycles. The average molecular weight is 720 g/mol. The van der Waals surface area contributed by atoms with Gasteiger partial charge in [0.25, 0.3) is 5.56 Å². The van der Waals surface area contributed by atoms with E-state index in [1.807, 2.05) is 19.1 Å². The van der Waals surface area contributed by atoms with Crippen molar-refractivity contribution in [3.8, 4) is 5.75 Å². The van der Waals surface area contributed by atoms with Gasteiger partial charge in [0.2, 0.25) is 0 Å². The molecule has 0 amide bonds. The van der Waals surface area contributed by atoms with E-state index in [0.717, 1.165) is 12.0 Å². The Morgan fingerprint density at radius 2 is 1.98 bits per heavy atom. The smallest absolute Gasteiger partial charge is 0.338 e. The highest BCUT2D eigenvalue weighted by molar-refractivity contribution is 9.10. The Balaban J connectivity index is 1.66. The van der Waals surface area contributed by atoms with Gasteiger partial charge in [-0.05, 0) is 86.8 Å². The fraction of sp³-hybridized carbons (Fsp3) is 0.250. The molecule has 9 nitrogen and oxygen atoms in total. The van der Waals surface area contributed by atoms with Crippen molar-refractivity contribution in [2.24, 2.45) is 4.99 Å². The molecule has 0 N–H and O–H groups in total. The lowest BCUT2D eigenvalue weighted by Crippen LogP contribution is -2.40. The number of hydrogen-bond acceptors (Lipinski definition) is 10. The SMILES string of the molecule is CCCC1=C(C(=O)OCC)[C@@H](c2ccc(OC)c(Br)c2)n2c(s/c(=C/c3cc(Br)c(Sc4ncccn4)o3)c2=O)=N1. The third kappa shape index (κ3) is 6.13. The van der Waals surface area contributed by atoms with Gasteiger partial charge in [-0.2, -0.15) is 0 Å². The van der Waals surface area contributed by atoms with Gasteiger partial charge in [0, 0.05) is 18.5 Å². The van der Waals surface area contributed by atoms with E-state index in [1.165, 1.54) is 23.1 Å². The van der Waals surface area contributed by atoms with E-state index in [4.69, 9.17) is 18.9 Å². The van der Waals surface area contributed by atoms with Crippen LogP contribution in [0, 0.1) is 0 Å². The first-order chi connectivity index (χ1) is 19.8. The Morgan fingerprint density at radius 3 is 2.66 bits per heavy atom. The molecule has 41 heavy (non-hydrogen) atoms. The first-order valence-electron chi connectivity index (χ1n) is 12.6. The van der Waals surface area contributed by atoms with Crippen LogP contribution in [-0.4, -0.2) is 34.2 Å². The number of allylic oxidation sites excluding steroid dienone is 1. The van der Waals surface area contributed by atoms with Crippen molar-refractivity contribution in [3.63, 3.8) is 0 Å². The Kier molecular flexibility index (Phi) is 9.27. The normalized spacial score (nSPS) is 15.0. The molecular weight excluding hydrogens is 696 g/mol. The van der Waals surface area contributed by atoms with Crippen molar-refractivity contribution in [1.29, 1.82) is 0 Å². The molecule has 13 heteroatoms. The topological polar surface area (TPSA) is 109 Å². The van der Waals surface area contributed by atoms with Crippen molar-refractivity contribution in [3.05, 3.63) is 94.0 Å². The monoisotopic (exact) mass is 718 g/mol. The lowest BCUT2D eigenvalue weighted by Gasteiger charge is -2.26. The van der Waals surface area contributed by atoms with Crippen molar-refractivity contribution in [2.45, 2.75) is 43.0 Å². The van der Waals surface area contributed by atoms with Crippen LogP contribution in [0.15, 0.2) is 87.4 Å². The molecule has 0 fully saturated rings. The summed E-state index contributed by atoms with van der Waals surface area (Å²) in [5.74, 6) is 0.614. The van der Waals surface area contributed by atoms with Gasteiger partial charge >= 0.3 is 5.97 Å². The van der Waals surface area contributed by atoms with Crippen LogP contribution in [0.3, 0.4) is 0 Å². The minimum Gasteiger partial charge on any atom is -0.496 e. The van der Waals surface area contributed by atoms with Gasteiger partial charge in [-0.15, -0.1) is 0 Å². The average Bonchev–Trinajstić information content (AvgIpc) is 3.46. The minimum atomic E-state index is -0.735. The zero-order valence-corrected chi connectivity index (χ0v) is 27.0. The number of carbonyl (C=O) groups excluding carboxylic acids is 1. The van der Waals surface area contributed by atoms with Crippen molar-refractivity contribution >= 4 is 67.0 Å². The number of methoxy groups -OCH3 is 1. The lowest BCUT2D eigenvalue weighted by molar-refractivity contribution is -0.139. The third-order valence-corrected chi connectivity index (χ3v) is 9.39. The van der Waals surface area contributed by atoms with E-state index < -0.39 is 12.0 Å². The molecule has 5 rings (SSSR count). The maximum absolute atomic E-state index is 14.0. The molecule has 3 aromatic heterocycles. The molecule has 0 saturated carbocycles. The van der Waals surface area contributed by atoms with Crippen molar-refractivity contribution in [2.75, 3.05) is 13.7 Å². The van der Waals surface area contributed by atoms with Crippen LogP contribution < -0.4 is 19.6 Å². The fourth-order valence-electron chi connectivity index (χ4n) is 4.35. The van der Waals surface area contributed by atoms with E-state index in [9.17, 15) is 9.59 Å². The number of aromatic nitrogens is 3. The summed E-state index contributed by atoms with van der Waals surface area (Å²) < 4.78 is 20.3. The summed E-state index contributed by atoms with van der Waals surface area (Å²) in [6.07, 6.45) is 6.31. The van der Waals surface area contributed by atoms with Crippen molar-refractivity contribution in [1.82, 2.24) is 14.5 Å². The molecule has 0 bridgehead atoms. The molecule has 212 valence electrons. The maximum Gasteiger partial charge on any atom is 0.338 e. The predicted molar refractivity (Wildman–Crippen MR) is 163 cm³/mol. The van der Waals surface area contributed by atoms with Crippen molar-refractivity contribution < 1.29 is 18.7 Å². The van der Waals surface area contributed by atoms with E-state index >= 15 is 0 Å². The van der Waals surface area contributed by atoms with Crippen LogP contribution in [0.25, 0.3) is 6.08 Å². The molecule has 1 atom stereocenters. The molecule has 1 aliphatic heterocycles. The highest BCUT2D eigenvalue weighted by Crippen LogP contribution is 2.37. The number of esters is 1. The molecule has 0 unspecified atom stereocenters. The zero-order valence-electron chi connectivity index (χ0n) is 22.2. The number of ether oxygens (including phenoxy) is 2. The number of carbonyl (C=O) groups is 1. The zero-order chi connectivity index (χ0) is 29.1. The maximum atomic E-state index is 14.0. The standard InChI is InChI=1S/C28H24Br2N4O5S2/c1-4-7-19-22(25(36)38-5-2)23(15-8-9-20(37-3)17(29)12-15)34-24(35)21(40-28(34)33-19)14-16-13-18(30)26(39-16)41-27-31-10-6-11-32-27/h6,8-14,23H,4-5,7H2,1-3H3/b21-14+/t23-/m1/s1. The van der Waals surface area contributed by atoms with Crippen LogP contribution in [0.5, 0.6) is 5.75 Å². The molecule has 0 radical (unpaired) electrons. The van der Waals surface area contributed by atoms with Crippen LogP contribution in [0.1, 0.15) is 44.1 Å². The first kappa shape index (κ1) is 29.5. The second-order valence-corrected chi connectivity index (χ2v) is 12.4. The number of thiazole rings is 1. The van der Waals surface area contributed by atoms with E-state index in [-0.39, 0.29) is 12.2 Å². The summed E-state index contributed by atoms with van der Waals surface area (Å²) >= 11 is 9.58. The van der Waals surface area contributed by atoms with E-state index in [2.05, 4.69) is 41.8 Å². The van der Waals surface area contributed by atoms with Crippen LogP contribution in [0.4, 0.5) is 0 Å². The highest BCUT2D eigenvalue weighted by Gasteiger charge is 2.34. The number of benzene rings is 1. The summed E-state index contributed by atoms with van der Waals surface area (Å²) in [6.45, 7) is 3.97. The number of hydrogen-bond donors (Lipinski definition) is 0. The molecular formula is C28H24Br2N4O5S2. The summed E-state index contributed by atoms with van der Waals surface area (Å²) in [5.41, 5.74) is 1.39. The highest BCUT2D eigenvalue weighted by atomic mass is 79.9. The van der Waals surface area contributed by atoms with Gasteiger partial charge < -0.3 is 13.9 Å². The second kappa shape index (κ2) is 12.9. The lowest BCUT2D eigenvalue weighted by atomic mass is 9.94. The largest absolute Gasteiger partial charge is 0.496 e. The summed E-state index contributed by atoms with van der Waals surface area (Å²) in [4.78, 5) is 41.1. The molecule has 0 spiro atoms. The second-order valence-electron chi connectivity index (χ2n) is 8.73. The quantitative estimate of drug-likeness (QED) is 0.162. The number of rotatable bonds is 9. The Hall–Kier alpha value is -3.00. The predicted octanol–water partition coefficient (Wildman–Crippen LogP) is 5.65.